The van der Waals surface area contributed by atoms with Gasteiger partial charge >= 0.3 is 0 Å². The van der Waals surface area contributed by atoms with Gasteiger partial charge in [0.2, 0.25) is 9.84 Å². The van der Waals surface area contributed by atoms with E-state index in [9.17, 15) is 8.42 Å². The lowest BCUT2D eigenvalue weighted by molar-refractivity contribution is 0.346. The highest BCUT2D eigenvalue weighted by atomic mass is 32.2. The lowest BCUT2D eigenvalue weighted by atomic mass is 9.91. The summed E-state index contributed by atoms with van der Waals surface area (Å²) in [5.41, 5.74) is 3.32. The molecule has 0 radical (unpaired) electrons. The van der Waals surface area contributed by atoms with E-state index in [4.69, 9.17) is 0 Å². The van der Waals surface area contributed by atoms with Gasteiger partial charge in [-0.25, -0.2) is 8.42 Å². The number of benzene rings is 2. The molecule has 2 heterocycles. The van der Waals surface area contributed by atoms with Gasteiger partial charge in [0.15, 0.2) is 0 Å². The van der Waals surface area contributed by atoms with Gasteiger partial charge in [-0.05, 0) is 75.8 Å². The maximum atomic E-state index is 13.0. The maximum Gasteiger partial charge on any atom is 0.206 e. The van der Waals surface area contributed by atoms with Crippen LogP contribution in [-0.4, -0.2) is 39.5 Å². The number of nitrogens with one attached hydrogen (secondary N) is 1. The first kappa shape index (κ1) is 16.6. The number of anilines is 1. The molecule has 132 valence electrons. The highest BCUT2D eigenvalue weighted by Gasteiger charge is 2.34. The van der Waals surface area contributed by atoms with Crippen LogP contribution in [0.2, 0.25) is 0 Å². The van der Waals surface area contributed by atoms with Gasteiger partial charge in [-0.3, -0.25) is 0 Å². The van der Waals surface area contributed by atoms with E-state index in [2.05, 4.69) is 17.3 Å². The fourth-order valence-corrected chi connectivity index (χ4v) is 5.27. The molecule has 2 aliphatic heterocycles. The minimum absolute atomic E-state index is 0.362. The molecular weight excluding hydrogens is 332 g/mol. The third kappa shape index (κ3) is 2.96. The van der Waals surface area contributed by atoms with Gasteiger partial charge in [-0.15, -0.1) is 0 Å². The van der Waals surface area contributed by atoms with Gasteiger partial charge in [0.25, 0.3) is 0 Å². The van der Waals surface area contributed by atoms with Crippen LogP contribution in [0.1, 0.15) is 29.9 Å². The molecule has 4 rings (SSSR count). The summed E-state index contributed by atoms with van der Waals surface area (Å²) in [7, 11) is -1.32. The zero-order valence-corrected chi connectivity index (χ0v) is 15.5. The van der Waals surface area contributed by atoms with Crippen molar-refractivity contribution >= 4 is 15.5 Å². The average Bonchev–Trinajstić information content (AvgIpc) is 2.84. The van der Waals surface area contributed by atoms with Crippen LogP contribution in [0.15, 0.2) is 52.3 Å². The first-order chi connectivity index (χ1) is 11.9. The summed E-state index contributed by atoms with van der Waals surface area (Å²) >= 11 is 0. The Bertz CT molecular complexity index is 890. The molecule has 2 aromatic rings. The first-order valence-electron chi connectivity index (χ1n) is 8.86. The van der Waals surface area contributed by atoms with E-state index >= 15 is 0 Å². The van der Waals surface area contributed by atoms with E-state index in [-0.39, 0.29) is 0 Å². The highest BCUT2D eigenvalue weighted by molar-refractivity contribution is 7.91. The number of nitrogens with zero attached hydrogens (tertiary/aromatic N) is 1. The second-order valence-electron chi connectivity index (χ2n) is 7.30. The van der Waals surface area contributed by atoms with Gasteiger partial charge < -0.3 is 10.2 Å². The molecule has 0 bridgehead atoms. The molecule has 5 heteroatoms. The van der Waals surface area contributed by atoms with Crippen molar-refractivity contribution in [2.24, 2.45) is 0 Å². The van der Waals surface area contributed by atoms with Gasteiger partial charge in [0.05, 0.1) is 9.79 Å². The number of rotatable bonds is 2. The number of sulfone groups is 1. The second-order valence-corrected chi connectivity index (χ2v) is 9.25. The van der Waals surface area contributed by atoms with Crippen molar-refractivity contribution in [3.8, 4) is 0 Å². The predicted octanol–water partition coefficient (Wildman–Crippen LogP) is 3.43. The summed E-state index contributed by atoms with van der Waals surface area (Å²) in [4.78, 5) is 3.11. The number of fused-ring (bicyclic) bond motifs is 3. The van der Waals surface area contributed by atoms with Gasteiger partial charge in [0, 0.05) is 17.6 Å². The number of hydrogen-bond donors (Lipinski definition) is 1. The van der Waals surface area contributed by atoms with Crippen LogP contribution < -0.4 is 5.32 Å². The molecule has 2 aromatic carbocycles. The lowest BCUT2D eigenvalue weighted by Gasteiger charge is -2.16. The molecule has 0 aromatic heterocycles. The summed E-state index contributed by atoms with van der Waals surface area (Å²) in [6, 6.07) is 13.1. The van der Waals surface area contributed by atoms with E-state index in [1.54, 1.807) is 18.2 Å². The maximum absolute atomic E-state index is 13.0. The molecule has 0 amide bonds. The molecule has 25 heavy (non-hydrogen) atoms. The van der Waals surface area contributed by atoms with Crippen molar-refractivity contribution < 1.29 is 8.42 Å². The van der Waals surface area contributed by atoms with Crippen molar-refractivity contribution in [1.82, 2.24) is 4.90 Å². The topological polar surface area (TPSA) is 49.4 Å². The molecule has 0 aliphatic carbocycles. The fraction of sp³-hybridized carbons (Fsp3) is 0.400. The van der Waals surface area contributed by atoms with Crippen LogP contribution in [0.5, 0.6) is 0 Å². The van der Waals surface area contributed by atoms with E-state index in [0.717, 1.165) is 42.7 Å². The van der Waals surface area contributed by atoms with E-state index in [1.807, 2.05) is 31.2 Å². The first-order valence-corrected chi connectivity index (χ1v) is 10.3. The van der Waals surface area contributed by atoms with Gasteiger partial charge in [-0.1, -0.05) is 17.7 Å². The average molecular weight is 356 g/mol. The van der Waals surface area contributed by atoms with Gasteiger partial charge in [-0.2, -0.15) is 0 Å². The summed E-state index contributed by atoms with van der Waals surface area (Å²) in [6.07, 6.45) is 2.16. The quantitative estimate of drug-likeness (QED) is 0.896. The standard InChI is InChI=1S/C20H24N2O2S/c1-14-3-5-15(6-4-14)25(23,24)16-7-8-19-18(13-16)17-9-11-22(2)12-10-20(17)21-19/h3-8,13,17,20-21H,9-12H2,1-2H3/t17-,20?/m0/s1. The summed E-state index contributed by atoms with van der Waals surface area (Å²) < 4.78 is 26.0. The Hall–Kier alpha value is -1.85. The Morgan fingerprint density at radius 1 is 1.00 bits per heavy atom. The molecule has 1 saturated heterocycles. The third-order valence-corrected chi connectivity index (χ3v) is 7.30. The van der Waals surface area contributed by atoms with Crippen LogP contribution in [0.25, 0.3) is 0 Å². The van der Waals surface area contributed by atoms with Crippen molar-refractivity contribution in [1.29, 1.82) is 0 Å². The second kappa shape index (κ2) is 6.15. The van der Waals surface area contributed by atoms with Crippen molar-refractivity contribution in [3.63, 3.8) is 0 Å². The van der Waals surface area contributed by atoms with Crippen molar-refractivity contribution in [3.05, 3.63) is 53.6 Å². The van der Waals surface area contributed by atoms with Crippen LogP contribution >= 0.6 is 0 Å². The third-order valence-electron chi connectivity index (χ3n) is 5.53. The predicted molar refractivity (Wildman–Crippen MR) is 100.0 cm³/mol. The van der Waals surface area contributed by atoms with Crippen LogP contribution in [0.3, 0.4) is 0 Å². The van der Waals surface area contributed by atoms with Crippen LogP contribution in [-0.2, 0) is 9.84 Å². The zero-order valence-electron chi connectivity index (χ0n) is 14.7. The molecule has 4 nitrogen and oxygen atoms in total. The molecule has 0 spiro atoms. The largest absolute Gasteiger partial charge is 0.381 e. The molecule has 2 atom stereocenters. The Balaban J connectivity index is 1.71. The fourth-order valence-electron chi connectivity index (χ4n) is 3.98. The highest BCUT2D eigenvalue weighted by Crippen LogP contribution is 2.42. The smallest absolute Gasteiger partial charge is 0.206 e. The van der Waals surface area contributed by atoms with E-state index in [0.29, 0.717) is 21.8 Å². The molecule has 1 fully saturated rings. The summed E-state index contributed by atoms with van der Waals surface area (Å²) in [5, 5.41) is 3.60. The molecule has 2 aliphatic rings. The van der Waals surface area contributed by atoms with Gasteiger partial charge in [0.1, 0.15) is 0 Å². The summed E-state index contributed by atoms with van der Waals surface area (Å²) in [5.74, 6) is 0.396. The Morgan fingerprint density at radius 3 is 2.44 bits per heavy atom. The molecular formula is C20H24N2O2S. The SMILES string of the molecule is Cc1ccc(S(=O)(=O)c2ccc3c(c2)[C@@H]2CCN(C)CCC2N3)cc1. The number of aryl methyl sites for hydroxylation is 1. The summed E-state index contributed by atoms with van der Waals surface area (Å²) in [6.45, 7) is 4.09. The van der Waals surface area contributed by atoms with E-state index in [1.165, 1.54) is 0 Å². The Labute approximate surface area is 149 Å². The monoisotopic (exact) mass is 356 g/mol. The van der Waals surface area contributed by atoms with Crippen LogP contribution in [0, 0.1) is 6.92 Å². The minimum Gasteiger partial charge on any atom is -0.381 e. The molecule has 0 saturated carbocycles. The minimum atomic E-state index is -3.47. The normalized spacial score (nSPS) is 23.4. The lowest BCUT2D eigenvalue weighted by Crippen LogP contribution is -2.22. The van der Waals surface area contributed by atoms with Crippen molar-refractivity contribution in [2.75, 3.05) is 25.5 Å². The number of likely N-dealkylation sites (tertiary alicyclic amines) is 1. The Kier molecular flexibility index (Phi) is 4.08. The van der Waals surface area contributed by atoms with E-state index < -0.39 is 9.84 Å². The zero-order chi connectivity index (χ0) is 17.6. The van der Waals surface area contributed by atoms with Crippen LogP contribution in [0.4, 0.5) is 5.69 Å². The van der Waals surface area contributed by atoms with Crippen molar-refractivity contribution in [2.45, 2.75) is 41.5 Å². The Morgan fingerprint density at radius 2 is 1.68 bits per heavy atom. The number of hydrogen-bond acceptors (Lipinski definition) is 4. The molecule has 1 N–H and O–H groups in total. The molecule has 1 unspecified atom stereocenters.